The Bertz CT molecular complexity index is 978. The molecule has 134 valence electrons. The third kappa shape index (κ3) is 4.89. The van der Waals surface area contributed by atoms with E-state index in [0.29, 0.717) is 16.8 Å². The number of hydrogen-bond acceptors (Lipinski definition) is 4. The van der Waals surface area contributed by atoms with E-state index in [2.05, 4.69) is 15.5 Å². The van der Waals surface area contributed by atoms with E-state index in [0.717, 1.165) is 11.3 Å². The van der Waals surface area contributed by atoms with Gasteiger partial charge in [0.25, 0.3) is 5.91 Å². The molecule has 0 aliphatic rings. The summed E-state index contributed by atoms with van der Waals surface area (Å²) in [6.45, 7) is 1.82. The molecule has 0 aliphatic carbocycles. The zero-order chi connectivity index (χ0) is 19.1. The van der Waals surface area contributed by atoms with Crippen molar-refractivity contribution in [2.45, 2.75) is 6.92 Å². The van der Waals surface area contributed by atoms with E-state index in [1.54, 1.807) is 48.7 Å². The molecule has 0 saturated carbocycles. The molecule has 0 atom stereocenters. The Hall–Kier alpha value is -3.73. The Morgan fingerprint density at radius 2 is 1.56 bits per heavy atom. The van der Waals surface area contributed by atoms with Crippen LogP contribution in [-0.2, 0) is 0 Å². The molecule has 0 bridgehead atoms. The van der Waals surface area contributed by atoms with Gasteiger partial charge in [-0.3, -0.25) is 9.79 Å². The van der Waals surface area contributed by atoms with Crippen LogP contribution in [0.15, 0.2) is 89.0 Å². The van der Waals surface area contributed by atoms with E-state index in [1.165, 1.54) is 0 Å². The number of carbonyl (C=O) groups excluding carboxylic acids is 1. The van der Waals surface area contributed by atoms with Gasteiger partial charge in [0.1, 0.15) is 5.75 Å². The van der Waals surface area contributed by atoms with E-state index >= 15 is 0 Å². The molecule has 27 heavy (non-hydrogen) atoms. The maximum Gasteiger partial charge on any atom is 0.271 e. The lowest BCUT2D eigenvalue weighted by Gasteiger charge is -2.04. The first-order chi connectivity index (χ1) is 13.1. The lowest BCUT2D eigenvalue weighted by molar-refractivity contribution is 0.0955. The third-order valence-corrected chi connectivity index (χ3v) is 3.94. The summed E-state index contributed by atoms with van der Waals surface area (Å²) in [6.07, 6.45) is 1.62. The Balaban J connectivity index is 1.66. The number of para-hydroxylation sites is 1. The quantitative estimate of drug-likeness (QED) is 0.528. The van der Waals surface area contributed by atoms with Crippen molar-refractivity contribution in [3.05, 3.63) is 95.6 Å². The lowest BCUT2D eigenvalue weighted by Crippen LogP contribution is -2.19. The number of nitrogens with zero attached hydrogens (tertiary/aromatic N) is 2. The van der Waals surface area contributed by atoms with Crippen LogP contribution >= 0.6 is 0 Å². The highest BCUT2D eigenvalue weighted by Gasteiger charge is 2.04. The van der Waals surface area contributed by atoms with Crippen molar-refractivity contribution >= 4 is 23.5 Å². The smallest absolute Gasteiger partial charge is 0.271 e. The maximum absolute atomic E-state index is 12.0. The molecule has 0 heterocycles. The van der Waals surface area contributed by atoms with E-state index in [4.69, 9.17) is 0 Å². The fraction of sp³-hybridized carbons (Fsp3) is 0.0455. The van der Waals surface area contributed by atoms with Gasteiger partial charge in [-0.05, 0) is 48.9 Å². The van der Waals surface area contributed by atoms with Gasteiger partial charge in [-0.15, -0.1) is 0 Å². The summed E-state index contributed by atoms with van der Waals surface area (Å²) in [5.74, 6) is -0.0613. The summed E-state index contributed by atoms with van der Waals surface area (Å²) in [7, 11) is 0. The minimum Gasteiger partial charge on any atom is -0.507 e. The van der Waals surface area contributed by atoms with Crippen LogP contribution in [0, 0.1) is 0 Å². The number of carbonyl (C=O) groups is 1. The van der Waals surface area contributed by atoms with E-state index in [-0.39, 0.29) is 11.7 Å². The second kappa shape index (κ2) is 8.58. The average Bonchev–Trinajstić information content (AvgIpc) is 2.72. The van der Waals surface area contributed by atoms with Gasteiger partial charge >= 0.3 is 0 Å². The Morgan fingerprint density at radius 1 is 0.889 bits per heavy atom. The number of hydrogen-bond donors (Lipinski definition) is 2. The van der Waals surface area contributed by atoms with Crippen molar-refractivity contribution < 1.29 is 9.90 Å². The fourth-order valence-corrected chi connectivity index (χ4v) is 2.38. The van der Waals surface area contributed by atoms with Crippen molar-refractivity contribution in [2.24, 2.45) is 10.1 Å². The van der Waals surface area contributed by atoms with Gasteiger partial charge in [-0.25, -0.2) is 5.43 Å². The topological polar surface area (TPSA) is 74.0 Å². The van der Waals surface area contributed by atoms with Crippen LogP contribution in [0.2, 0.25) is 0 Å². The molecule has 0 fully saturated rings. The minimum absolute atomic E-state index is 0.190. The van der Waals surface area contributed by atoms with E-state index < -0.39 is 0 Å². The zero-order valence-corrected chi connectivity index (χ0v) is 14.8. The van der Waals surface area contributed by atoms with E-state index in [1.807, 2.05) is 43.3 Å². The highest BCUT2D eigenvalue weighted by atomic mass is 16.3. The predicted molar refractivity (Wildman–Crippen MR) is 108 cm³/mol. The first-order valence-electron chi connectivity index (χ1n) is 8.45. The summed E-state index contributed by atoms with van der Waals surface area (Å²) in [5, 5.41) is 13.9. The van der Waals surface area contributed by atoms with Crippen molar-refractivity contribution in [1.29, 1.82) is 0 Å². The highest BCUT2D eigenvalue weighted by Crippen LogP contribution is 2.17. The molecule has 1 amide bonds. The largest absolute Gasteiger partial charge is 0.507 e. The molecular formula is C22H19N3O2. The van der Waals surface area contributed by atoms with Crippen molar-refractivity contribution in [1.82, 2.24) is 5.43 Å². The molecule has 5 heteroatoms. The summed E-state index contributed by atoms with van der Waals surface area (Å²) < 4.78 is 0. The summed E-state index contributed by atoms with van der Waals surface area (Å²) in [6, 6.07) is 23.4. The number of aromatic hydroxyl groups is 1. The van der Waals surface area contributed by atoms with Gasteiger partial charge in [-0.2, -0.15) is 5.10 Å². The lowest BCUT2D eigenvalue weighted by atomic mass is 10.1. The predicted octanol–water partition coefficient (Wildman–Crippen LogP) is 4.30. The van der Waals surface area contributed by atoms with Gasteiger partial charge in [0.2, 0.25) is 0 Å². The summed E-state index contributed by atoms with van der Waals surface area (Å²) in [5.41, 5.74) is 6.09. The molecule has 2 N–H and O–H groups in total. The first kappa shape index (κ1) is 18.1. The standard InChI is InChI=1S/C22H19N3O2/c1-16(24-25-22(27)18-7-3-2-4-8-18)17-11-13-20(14-12-17)23-15-19-9-5-6-10-21(19)26/h2-15,26H,1H3,(H,25,27)/b23-15?,24-16+. The number of phenolic OH excluding ortho intramolecular Hbond substituents is 1. The fourth-order valence-electron chi connectivity index (χ4n) is 2.38. The number of benzene rings is 3. The average molecular weight is 357 g/mol. The first-order valence-corrected chi connectivity index (χ1v) is 8.45. The van der Waals surface area contributed by atoms with Gasteiger partial charge in [0.15, 0.2) is 0 Å². The second-order valence-corrected chi connectivity index (χ2v) is 5.87. The monoisotopic (exact) mass is 357 g/mol. The van der Waals surface area contributed by atoms with Crippen molar-refractivity contribution in [3.63, 3.8) is 0 Å². The maximum atomic E-state index is 12.0. The number of nitrogens with one attached hydrogen (secondary N) is 1. The van der Waals surface area contributed by atoms with Crippen LogP contribution < -0.4 is 5.43 Å². The van der Waals surface area contributed by atoms with Gasteiger partial charge < -0.3 is 5.11 Å². The normalized spacial score (nSPS) is 11.5. The van der Waals surface area contributed by atoms with Crippen molar-refractivity contribution in [2.75, 3.05) is 0 Å². The van der Waals surface area contributed by atoms with Crippen LogP contribution in [-0.4, -0.2) is 22.9 Å². The second-order valence-electron chi connectivity index (χ2n) is 5.87. The highest BCUT2D eigenvalue weighted by molar-refractivity contribution is 6.01. The van der Waals surface area contributed by atoms with Crippen LogP contribution in [0.1, 0.15) is 28.4 Å². The molecular weight excluding hydrogens is 338 g/mol. The molecule has 3 aromatic carbocycles. The number of aliphatic imine (C=N–C) groups is 1. The number of amides is 1. The molecule has 0 aliphatic heterocycles. The molecule has 3 aromatic rings. The molecule has 0 spiro atoms. The number of phenols is 1. The molecule has 0 aromatic heterocycles. The Labute approximate surface area is 157 Å². The number of hydrazone groups is 1. The molecule has 0 saturated heterocycles. The minimum atomic E-state index is -0.251. The van der Waals surface area contributed by atoms with Crippen LogP contribution in [0.3, 0.4) is 0 Å². The summed E-state index contributed by atoms with van der Waals surface area (Å²) >= 11 is 0. The molecule has 0 unspecified atom stereocenters. The Morgan fingerprint density at radius 3 is 2.26 bits per heavy atom. The van der Waals surface area contributed by atoms with E-state index in [9.17, 15) is 9.90 Å². The number of rotatable bonds is 5. The van der Waals surface area contributed by atoms with Gasteiger partial charge in [-0.1, -0.05) is 42.5 Å². The molecule has 5 nitrogen and oxygen atoms in total. The summed E-state index contributed by atoms with van der Waals surface area (Å²) in [4.78, 5) is 16.4. The molecule has 3 rings (SSSR count). The Kier molecular flexibility index (Phi) is 5.74. The van der Waals surface area contributed by atoms with Crippen LogP contribution in [0.4, 0.5) is 5.69 Å². The van der Waals surface area contributed by atoms with Crippen molar-refractivity contribution in [3.8, 4) is 5.75 Å². The van der Waals surface area contributed by atoms with Gasteiger partial charge in [0, 0.05) is 17.3 Å². The molecule has 0 radical (unpaired) electrons. The van der Waals surface area contributed by atoms with Gasteiger partial charge in [0.05, 0.1) is 11.4 Å². The SMILES string of the molecule is C/C(=N\NC(=O)c1ccccc1)c1ccc(N=Cc2ccccc2O)cc1. The van der Waals surface area contributed by atoms with Crippen LogP contribution in [0.5, 0.6) is 5.75 Å². The van der Waals surface area contributed by atoms with Crippen LogP contribution in [0.25, 0.3) is 0 Å². The zero-order valence-electron chi connectivity index (χ0n) is 14.8. The third-order valence-electron chi connectivity index (χ3n) is 3.94.